The number of pyridine rings is 1. The van der Waals surface area contributed by atoms with Crippen molar-refractivity contribution in [3.05, 3.63) is 30.6 Å². The summed E-state index contributed by atoms with van der Waals surface area (Å²) < 4.78 is 5.72. The average Bonchev–Trinajstić information content (AvgIpc) is 2.44. The van der Waals surface area contributed by atoms with Crippen molar-refractivity contribution in [1.29, 1.82) is 0 Å². The molecule has 1 heterocycles. The summed E-state index contributed by atoms with van der Waals surface area (Å²) in [4.78, 5) is 16.3. The minimum absolute atomic E-state index is 0.186. The minimum Gasteiger partial charge on any atom is -0.479 e. The van der Waals surface area contributed by atoms with Crippen LogP contribution in [0.15, 0.2) is 25.0 Å². The number of hydrogen-bond donors (Lipinski definition) is 1. The van der Waals surface area contributed by atoms with E-state index in [0.29, 0.717) is 12.2 Å². The third-order valence-corrected chi connectivity index (χ3v) is 2.78. The fourth-order valence-corrected chi connectivity index (χ4v) is 1.83. The quantitative estimate of drug-likeness (QED) is 0.818. The van der Waals surface area contributed by atoms with E-state index in [-0.39, 0.29) is 5.91 Å². The largest absolute Gasteiger partial charge is 0.479 e. The van der Waals surface area contributed by atoms with E-state index < -0.39 is 11.6 Å². The summed E-state index contributed by atoms with van der Waals surface area (Å²) in [6.45, 7) is 11.0. The van der Waals surface area contributed by atoms with E-state index in [0.717, 1.165) is 5.56 Å². The molecule has 0 saturated carbocycles. The summed E-state index contributed by atoms with van der Waals surface area (Å²) in [6, 6.07) is 1.80. The molecule has 0 aliphatic rings. The normalized spacial score (nSPS) is 11.8. The molecule has 1 unspecified atom stereocenters. The maximum Gasteiger partial charge on any atom is 0.262 e. The van der Waals surface area contributed by atoms with Crippen LogP contribution in [0.2, 0.25) is 0 Å². The third kappa shape index (κ3) is 5.31. The molecule has 0 spiro atoms. The van der Waals surface area contributed by atoms with E-state index in [2.05, 4.69) is 28.7 Å². The topological polar surface area (TPSA) is 51.2 Å². The minimum atomic E-state index is -0.580. The number of aromatic nitrogens is 1. The van der Waals surface area contributed by atoms with E-state index in [1.807, 2.05) is 20.8 Å². The van der Waals surface area contributed by atoms with Gasteiger partial charge in [0.2, 0.25) is 0 Å². The van der Waals surface area contributed by atoms with Crippen LogP contribution in [0, 0.1) is 11.8 Å². The van der Waals surface area contributed by atoms with Gasteiger partial charge < -0.3 is 10.1 Å². The van der Waals surface area contributed by atoms with Crippen LogP contribution in [0.4, 0.5) is 0 Å². The molecule has 0 fully saturated rings. The SMILES string of the molecule is C=Cc1cncc(OC(CC)C(=O)NC(C)(C)C#CC)c1. The number of carbonyl (C=O) groups excluding carboxylic acids is 1. The maximum absolute atomic E-state index is 12.3. The summed E-state index contributed by atoms with van der Waals surface area (Å²) in [7, 11) is 0. The zero-order valence-corrected chi connectivity index (χ0v) is 13.1. The first kappa shape index (κ1) is 16.8. The number of nitrogens with one attached hydrogen (secondary N) is 1. The number of nitrogens with zero attached hydrogens (tertiary/aromatic N) is 1. The molecule has 1 N–H and O–H groups in total. The van der Waals surface area contributed by atoms with Gasteiger partial charge in [0.25, 0.3) is 5.91 Å². The van der Waals surface area contributed by atoms with Gasteiger partial charge in [-0.15, -0.1) is 5.92 Å². The highest BCUT2D eigenvalue weighted by molar-refractivity contribution is 5.82. The number of rotatable bonds is 6. The molecule has 0 aromatic carbocycles. The molecule has 4 nitrogen and oxygen atoms in total. The Morgan fingerprint density at radius 2 is 2.29 bits per heavy atom. The van der Waals surface area contributed by atoms with Crippen LogP contribution in [0.5, 0.6) is 5.75 Å². The van der Waals surface area contributed by atoms with Gasteiger partial charge in [-0.25, -0.2) is 0 Å². The third-order valence-electron chi connectivity index (χ3n) is 2.78. The smallest absolute Gasteiger partial charge is 0.262 e. The van der Waals surface area contributed by atoms with Gasteiger partial charge in [0.1, 0.15) is 5.75 Å². The molecule has 1 atom stereocenters. The Labute approximate surface area is 126 Å². The second kappa shape index (κ2) is 7.49. The predicted octanol–water partition coefficient (Wildman–Crippen LogP) is 2.80. The molecular formula is C17H22N2O2. The summed E-state index contributed by atoms with van der Waals surface area (Å²) in [6.07, 6.45) is 4.92. The molecule has 21 heavy (non-hydrogen) atoms. The number of amides is 1. The highest BCUT2D eigenvalue weighted by atomic mass is 16.5. The second-order valence-corrected chi connectivity index (χ2v) is 5.16. The van der Waals surface area contributed by atoms with Crippen molar-refractivity contribution >= 4 is 12.0 Å². The molecule has 4 heteroatoms. The van der Waals surface area contributed by atoms with Crippen molar-refractivity contribution < 1.29 is 9.53 Å². The lowest BCUT2D eigenvalue weighted by atomic mass is 10.1. The highest BCUT2D eigenvalue weighted by Crippen LogP contribution is 2.15. The maximum atomic E-state index is 12.3. The van der Waals surface area contributed by atoms with Crippen LogP contribution in [-0.2, 0) is 4.79 Å². The molecule has 0 radical (unpaired) electrons. The van der Waals surface area contributed by atoms with Crippen molar-refractivity contribution in [3.63, 3.8) is 0 Å². The summed E-state index contributed by atoms with van der Waals surface area (Å²) in [5, 5.41) is 2.88. The summed E-state index contributed by atoms with van der Waals surface area (Å²) in [5.41, 5.74) is 0.268. The van der Waals surface area contributed by atoms with Gasteiger partial charge in [0.15, 0.2) is 6.10 Å². The molecule has 0 bridgehead atoms. The lowest BCUT2D eigenvalue weighted by Crippen LogP contribution is -2.48. The van der Waals surface area contributed by atoms with Gasteiger partial charge in [0, 0.05) is 6.20 Å². The van der Waals surface area contributed by atoms with Gasteiger partial charge in [-0.2, -0.15) is 0 Å². The first-order valence-electron chi connectivity index (χ1n) is 6.92. The lowest BCUT2D eigenvalue weighted by Gasteiger charge is -2.24. The van der Waals surface area contributed by atoms with Crippen molar-refractivity contribution in [2.24, 2.45) is 0 Å². The number of ether oxygens (including phenoxy) is 1. The molecule has 112 valence electrons. The first-order chi connectivity index (χ1) is 9.91. The van der Waals surface area contributed by atoms with Gasteiger partial charge in [-0.3, -0.25) is 9.78 Å². The van der Waals surface area contributed by atoms with Crippen molar-refractivity contribution in [2.45, 2.75) is 45.8 Å². The van der Waals surface area contributed by atoms with Gasteiger partial charge >= 0.3 is 0 Å². The molecular weight excluding hydrogens is 264 g/mol. The lowest BCUT2D eigenvalue weighted by molar-refractivity contribution is -0.129. The van der Waals surface area contributed by atoms with Crippen LogP contribution in [0.25, 0.3) is 6.08 Å². The van der Waals surface area contributed by atoms with Crippen molar-refractivity contribution in [3.8, 4) is 17.6 Å². The Morgan fingerprint density at radius 1 is 1.57 bits per heavy atom. The fraction of sp³-hybridized carbons (Fsp3) is 0.412. The zero-order chi connectivity index (χ0) is 15.9. The standard InChI is InChI=1S/C17H22N2O2/c1-6-9-17(4,5)19-16(20)15(8-3)21-14-10-13(7-2)11-18-12-14/h7,10-12,15H,2,8H2,1,3-5H3,(H,19,20). The highest BCUT2D eigenvalue weighted by Gasteiger charge is 2.24. The molecule has 1 aromatic rings. The Balaban J connectivity index is 2.79. The molecule has 0 aliphatic carbocycles. The summed E-state index contributed by atoms with van der Waals surface area (Å²) >= 11 is 0. The average molecular weight is 286 g/mol. The molecule has 0 saturated heterocycles. The van der Waals surface area contributed by atoms with Crippen molar-refractivity contribution in [1.82, 2.24) is 10.3 Å². The molecule has 0 aliphatic heterocycles. The van der Waals surface area contributed by atoms with Crippen LogP contribution in [-0.4, -0.2) is 22.5 Å². The monoisotopic (exact) mass is 286 g/mol. The van der Waals surface area contributed by atoms with Crippen LogP contribution < -0.4 is 10.1 Å². The number of carbonyl (C=O) groups is 1. The van der Waals surface area contributed by atoms with E-state index >= 15 is 0 Å². The number of hydrogen-bond acceptors (Lipinski definition) is 3. The molecule has 1 rings (SSSR count). The predicted molar refractivity (Wildman–Crippen MR) is 84.7 cm³/mol. The van der Waals surface area contributed by atoms with E-state index in [1.54, 1.807) is 31.5 Å². The molecule has 1 amide bonds. The van der Waals surface area contributed by atoms with Crippen LogP contribution in [0.1, 0.15) is 39.7 Å². The van der Waals surface area contributed by atoms with E-state index in [1.165, 1.54) is 0 Å². The van der Waals surface area contributed by atoms with Gasteiger partial charge in [-0.1, -0.05) is 25.5 Å². The van der Waals surface area contributed by atoms with E-state index in [9.17, 15) is 4.79 Å². The van der Waals surface area contributed by atoms with Gasteiger partial charge in [-0.05, 0) is 38.8 Å². The Bertz CT molecular complexity index is 568. The Kier molecular flexibility index (Phi) is 5.98. The van der Waals surface area contributed by atoms with Gasteiger partial charge in [0.05, 0.1) is 11.7 Å². The van der Waals surface area contributed by atoms with E-state index in [4.69, 9.17) is 4.74 Å². The summed E-state index contributed by atoms with van der Waals surface area (Å²) in [5.74, 6) is 6.12. The fourth-order valence-electron chi connectivity index (χ4n) is 1.83. The first-order valence-corrected chi connectivity index (χ1v) is 6.92. The van der Waals surface area contributed by atoms with Crippen LogP contribution in [0.3, 0.4) is 0 Å². The second-order valence-electron chi connectivity index (χ2n) is 5.16. The Hall–Kier alpha value is -2.28. The Morgan fingerprint density at radius 3 is 2.86 bits per heavy atom. The van der Waals surface area contributed by atoms with Crippen LogP contribution >= 0.6 is 0 Å². The van der Waals surface area contributed by atoms with Crippen molar-refractivity contribution in [2.75, 3.05) is 0 Å². The zero-order valence-electron chi connectivity index (χ0n) is 13.1. The molecule has 1 aromatic heterocycles.